The molecule has 1 fully saturated rings. The lowest BCUT2D eigenvalue weighted by atomic mass is 10.0. The van der Waals surface area contributed by atoms with Gasteiger partial charge in [0.15, 0.2) is 0 Å². The van der Waals surface area contributed by atoms with Crippen LogP contribution in [0.3, 0.4) is 0 Å². The van der Waals surface area contributed by atoms with Gasteiger partial charge in [-0.3, -0.25) is 14.5 Å². The number of nitrogens with one attached hydrogen (secondary N) is 1. The Hall–Kier alpha value is -1.91. The van der Waals surface area contributed by atoms with E-state index < -0.39 is 17.9 Å². The molecule has 2 rings (SSSR count). The summed E-state index contributed by atoms with van der Waals surface area (Å²) in [5, 5.41) is 2.68. The minimum Gasteiger partial charge on any atom is -0.342 e. The Kier molecular flexibility index (Phi) is 3.83. The van der Waals surface area contributed by atoms with Gasteiger partial charge in [0.2, 0.25) is 11.8 Å². The highest BCUT2D eigenvalue weighted by Crippen LogP contribution is 2.26. The molecule has 19 heavy (non-hydrogen) atoms. The summed E-state index contributed by atoms with van der Waals surface area (Å²) in [4.78, 5) is 25.7. The summed E-state index contributed by atoms with van der Waals surface area (Å²) >= 11 is 0. The van der Waals surface area contributed by atoms with E-state index in [4.69, 9.17) is 0 Å². The Morgan fingerprint density at radius 1 is 1.21 bits per heavy atom. The number of para-hydroxylation sites is 1. The maximum Gasteiger partial charge on any atom is 0.250 e. The highest BCUT2D eigenvalue weighted by atomic mass is 19.1. The first-order chi connectivity index (χ1) is 9.10. The van der Waals surface area contributed by atoms with Gasteiger partial charge in [-0.2, -0.15) is 0 Å². The minimum absolute atomic E-state index is 0.174. The second-order valence-electron chi connectivity index (χ2n) is 4.55. The highest BCUT2D eigenvalue weighted by molar-refractivity contribution is 6.08. The molecule has 1 N–H and O–H groups in total. The average Bonchev–Trinajstić information content (AvgIpc) is 2.41. The topological polar surface area (TPSA) is 49.4 Å². The monoisotopic (exact) mass is 264 g/mol. The van der Waals surface area contributed by atoms with Crippen molar-refractivity contribution >= 4 is 17.5 Å². The fourth-order valence-corrected chi connectivity index (χ4v) is 2.35. The van der Waals surface area contributed by atoms with Crippen LogP contribution in [0.2, 0.25) is 0 Å². The lowest BCUT2D eigenvalue weighted by Gasteiger charge is -2.38. The van der Waals surface area contributed by atoms with Crippen LogP contribution in [0.25, 0.3) is 0 Å². The van der Waals surface area contributed by atoms with E-state index in [1.807, 2.05) is 6.92 Å². The van der Waals surface area contributed by atoms with Gasteiger partial charge >= 0.3 is 0 Å². The molecule has 1 saturated heterocycles. The molecule has 4 nitrogen and oxygen atoms in total. The Morgan fingerprint density at radius 2 is 1.89 bits per heavy atom. The molecular weight excluding hydrogens is 247 g/mol. The minimum atomic E-state index is -0.646. The summed E-state index contributed by atoms with van der Waals surface area (Å²) in [6.07, 6.45) is 0.939. The number of rotatable bonds is 3. The van der Waals surface area contributed by atoms with Crippen molar-refractivity contribution in [3.63, 3.8) is 0 Å². The molecule has 1 aliphatic rings. The molecule has 0 aliphatic carbocycles. The van der Waals surface area contributed by atoms with E-state index in [1.165, 1.54) is 17.0 Å². The number of carbonyl (C=O) groups is 2. The summed E-state index contributed by atoms with van der Waals surface area (Å²) < 4.78 is 13.9. The first kappa shape index (κ1) is 13.5. The number of carbonyl (C=O) groups excluding carboxylic acids is 2. The normalized spacial score (nSPS) is 23.4. The summed E-state index contributed by atoms with van der Waals surface area (Å²) in [5.74, 6) is -0.963. The molecule has 1 aromatic rings. The van der Waals surface area contributed by atoms with Crippen LogP contribution in [0.4, 0.5) is 10.1 Å². The van der Waals surface area contributed by atoms with Crippen LogP contribution in [0.1, 0.15) is 26.7 Å². The molecular formula is C14H17FN2O2. The van der Waals surface area contributed by atoms with Gasteiger partial charge < -0.3 is 5.32 Å². The van der Waals surface area contributed by atoms with E-state index in [2.05, 4.69) is 5.32 Å². The first-order valence-corrected chi connectivity index (χ1v) is 6.48. The average molecular weight is 264 g/mol. The molecule has 0 radical (unpaired) electrons. The van der Waals surface area contributed by atoms with Crippen LogP contribution in [0, 0.1) is 5.82 Å². The van der Waals surface area contributed by atoms with Gasteiger partial charge in [-0.1, -0.05) is 26.0 Å². The van der Waals surface area contributed by atoms with Gasteiger partial charge in [-0.25, -0.2) is 4.39 Å². The van der Waals surface area contributed by atoms with E-state index in [-0.39, 0.29) is 17.5 Å². The molecule has 1 aromatic carbocycles. The molecule has 2 atom stereocenters. The highest BCUT2D eigenvalue weighted by Gasteiger charge is 2.40. The molecule has 0 aromatic heterocycles. The van der Waals surface area contributed by atoms with Crippen LogP contribution >= 0.6 is 0 Å². The number of benzene rings is 1. The lowest BCUT2D eigenvalue weighted by Crippen LogP contribution is -2.63. The van der Waals surface area contributed by atoms with Gasteiger partial charge in [0, 0.05) is 0 Å². The van der Waals surface area contributed by atoms with Crippen molar-refractivity contribution < 1.29 is 14.0 Å². The SMILES string of the molecule is CCC1NC(=O)C(CC)N(c2ccccc2F)C1=O. The van der Waals surface area contributed by atoms with Crippen molar-refractivity contribution in [2.45, 2.75) is 38.8 Å². The van der Waals surface area contributed by atoms with Crippen LogP contribution in [-0.2, 0) is 9.59 Å². The van der Waals surface area contributed by atoms with Gasteiger partial charge in [0.1, 0.15) is 17.9 Å². The van der Waals surface area contributed by atoms with Gasteiger partial charge in [0.25, 0.3) is 0 Å². The van der Waals surface area contributed by atoms with E-state index in [0.717, 1.165) is 0 Å². The Labute approximate surface area is 111 Å². The predicted molar refractivity (Wildman–Crippen MR) is 70.2 cm³/mol. The summed E-state index contributed by atoms with van der Waals surface area (Å²) in [7, 11) is 0. The van der Waals surface area contributed by atoms with E-state index in [1.54, 1.807) is 19.1 Å². The number of piperazine rings is 1. The Balaban J connectivity index is 2.46. The lowest BCUT2D eigenvalue weighted by molar-refractivity contribution is -0.134. The van der Waals surface area contributed by atoms with Crippen molar-refractivity contribution in [1.29, 1.82) is 0 Å². The van der Waals surface area contributed by atoms with Crippen molar-refractivity contribution in [2.75, 3.05) is 4.90 Å². The third-order valence-electron chi connectivity index (χ3n) is 3.37. The molecule has 102 valence electrons. The zero-order chi connectivity index (χ0) is 14.0. The quantitative estimate of drug-likeness (QED) is 0.905. The smallest absolute Gasteiger partial charge is 0.250 e. The van der Waals surface area contributed by atoms with Crippen LogP contribution in [-0.4, -0.2) is 23.9 Å². The standard InChI is InChI=1S/C14H17FN2O2/c1-3-10-14(19)17(11(4-2)13(18)16-10)12-8-6-5-7-9(12)15/h5-8,10-11H,3-4H2,1-2H3,(H,16,18). The fraction of sp³-hybridized carbons (Fsp3) is 0.429. The molecule has 1 aliphatic heterocycles. The number of nitrogens with zero attached hydrogens (tertiary/aromatic N) is 1. The number of amides is 2. The Morgan fingerprint density at radius 3 is 2.47 bits per heavy atom. The summed E-state index contributed by atoms with van der Waals surface area (Å²) in [6.45, 7) is 3.62. The zero-order valence-corrected chi connectivity index (χ0v) is 11.0. The second-order valence-corrected chi connectivity index (χ2v) is 4.55. The second kappa shape index (κ2) is 5.38. The number of hydrogen-bond acceptors (Lipinski definition) is 2. The Bertz CT molecular complexity index is 504. The molecule has 5 heteroatoms. The molecule has 0 saturated carbocycles. The molecule has 2 amide bonds. The predicted octanol–water partition coefficient (Wildman–Crippen LogP) is 1.85. The molecule has 1 heterocycles. The molecule has 2 unspecified atom stereocenters. The van der Waals surface area contributed by atoms with Crippen molar-refractivity contribution in [3.8, 4) is 0 Å². The van der Waals surface area contributed by atoms with E-state index >= 15 is 0 Å². The van der Waals surface area contributed by atoms with Crippen molar-refractivity contribution in [2.24, 2.45) is 0 Å². The summed E-state index contributed by atoms with van der Waals surface area (Å²) in [5.41, 5.74) is 0.174. The van der Waals surface area contributed by atoms with Crippen LogP contribution in [0.5, 0.6) is 0 Å². The summed E-state index contributed by atoms with van der Waals surface area (Å²) in [6, 6.07) is 4.82. The van der Waals surface area contributed by atoms with E-state index in [9.17, 15) is 14.0 Å². The number of hydrogen-bond donors (Lipinski definition) is 1. The van der Waals surface area contributed by atoms with Crippen LogP contribution in [0.15, 0.2) is 24.3 Å². The number of anilines is 1. The largest absolute Gasteiger partial charge is 0.342 e. The molecule has 0 bridgehead atoms. The van der Waals surface area contributed by atoms with Gasteiger partial charge in [0.05, 0.1) is 5.69 Å². The third-order valence-corrected chi connectivity index (χ3v) is 3.37. The third kappa shape index (κ3) is 2.32. The van der Waals surface area contributed by atoms with Crippen LogP contribution < -0.4 is 10.2 Å². The fourth-order valence-electron chi connectivity index (χ4n) is 2.35. The van der Waals surface area contributed by atoms with Crippen molar-refractivity contribution in [1.82, 2.24) is 5.32 Å². The van der Waals surface area contributed by atoms with E-state index in [0.29, 0.717) is 12.8 Å². The van der Waals surface area contributed by atoms with Crippen molar-refractivity contribution in [3.05, 3.63) is 30.1 Å². The molecule has 0 spiro atoms. The zero-order valence-electron chi connectivity index (χ0n) is 11.0. The number of halogens is 1. The maximum absolute atomic E-state index is 13.9. The van der Waals surface area contributed by atoms with Gasteiger partial charge in [-0.05, 0) is 25.0 Å². The first-order valence-electron chi connectivity index (χ1n) is 6.48. The van der Waals surface area contributed by atoms with Gasteiger partial charge in [-0.15, -0.1) is 0 Å². The maximum atomic E-state index is 13.9.